The monoisotopic (exact) mass is 332 g/mol. The smallest absolute Gasteiger partial charge is 0.354 e. The zero-order valence-electron chi connectivity index (χ0n) is 14.5. The van der Waals surface area contributed by atoms with E-state index in [9.17, 15) is 14.4 Å². The number of H-pyrrole nitrogens is 1. The summed E-state index contributed by atoms with van der Waals surface area (Å²) in [5.41, 5.74) is 2.05. The molecule has 3 rings (SSSR count). The fraction of sp³-hybridized carbons (Fsp3) is 0.611. The summed E-state index contributed by atoms with van der Waals surface area (Å²) in [4.78, 5) is 41.9. The highest BCUT2D eigenvalue weighted by Crippen LogP contribution is 2.34. The van der Waals surface area contributed by atoms with Gasteiger partial charge in [-0.3, -0.25) is 9.59 Å². The molecule has 1 amide bonds. The second-order valence-corrected chi connectivity index (χ2v) is 6.86. The van der Waals surface area contributed by atoms with Crippen LogP contribution in [-0.2, 0) is 9.53 Å². The number of amides is 1. The van der Waals surface area contributed by atoms with Gasteiger partial charge in [0.25, 0.3) is 0 Å². The molecule has 0 radical (unpaired) electrons. The Morgan fingerprint density at radius 2 is 1.83 bits per heavy atom. The molecule has 2 fully saturated rings. The van der Waals surface area contributed by atoms with Crippen LogP contribution < -0.4 is 0 Å². The summed E-state index contributed by atoms with van der Waals surface area (Å²) in [7, 11) is 1.31. The highest BCUT2D eigenvalue weighted by atomic mass is 16.5. The molecule has 24 heavy (non-hydrogen) atoms. The third-order valence-corrected chi connectivity index (χ3v) is 5.14. The number of hydrogen-bond acceptors (Lipinski definition) is 4. The molecule has 2 aliphatic rings. The Morgan fingerprint density at radius 3 is 2.33 bits per heavy atom. The van der Waals surface area contributed by atoms with E-state index in [-0.39, 0.29) is 30.2 Å². The first kappa shape index (κ1) is 16.7. The number of rotatable bonds is 6. The van der Waals surface area contributed by atoms with Gasteiger partial charge in [0.15, 0.2) is 5.78 Å². The van der Waals surface area contributed by atoms with Crippen molar-refractivity contribution in [3.8, 4) is 0 Å². The number of ketones is 1. The second kappa shape index (κ2) is 6.42. The van der Waals surface area contributed by atoms with E-state index in [0.717, 1.165) is 32.1 Å². The Hall–Kier alpha value is -2.11. The molecular weight excluding hydrogens is 308 g/mol. The number of aromatic nitrogens is 1. The fourth-order valence-corrected chi connectivity index (χ4v) is 3.37. The van der Waals surface area contributed by atoms with Crippen molar-refractivity contribution in [1.82, 2.24) is 9.88 Å². The van der Waals surface area contributed by atoms with Gasteiger partial charge < -0.3 is 14.6 Å². The molecule has 0 aliphatic heterocycles. The van der Waals surface area contributed by atoms with Crippen molar-refractivity contribution >= 4 is 17.7 Å². The second-order valence-electron chi connectivity index (χ2n) is 6.86. The summed E-state index contributed by atoms with van der Waals surface area (Å²) in [6.45, 7) is 3.60. The predicted octanol–water partition coefficient (Wildman–Crippen LogP) is 2.39. The lowest BCUT2D eigenvalue weighted by molar-refractivity contribution is -0.138. The Balaban J connectivity index is 1.79. The third kappa shape index (κ3) is 2.97. The lowest BCUT2D eigenvalue weighted by atomic mass is 9.84. The van der Waals surface area contributed by atoms with E-state index >= 15 is 0 Å². The molecule has 6 nitrogen and oxygen atoms in total. The number of hydrogen-bond donors (Lipinski definition) is 1. The average molecular weight is 332 g/mol. The van der Waals surface area contributed by atoms with Crippen LogP contribution in [-0.4, -0.2) is 47.2 Å². The number of aryl methyl sites for hydroxylation is 1. The predicted molar refractivity (Wildman–Crippen MR) is 88.0 cm³/mol. The number of ether oxygens (including phenoxy) is 1. The third-order valence-electron chi connectivity index (χ3n) is 5.14. The average Bonchev–Trinajstić information content (AvgIpc) is 3.27. The number of Topliss-reactive ketones (excluding diaryl/α,β-unsaturated/α-hetero) is 1. The molecule has 0 saturated heterocycles. The molecule has 1 heterocycles. The quantitative estimate of drug-likeness (QED) is 0.641. The Kier molecular flexibility index (Phi) is 4.47. The molecule has 1 aromatic heterocycles. The van der Waals surface area contributed by atoms with Gasteiger partial charge >= 0.3 is 5.97 Å². The van der Waals surface area contributed by atoms with Gasteiger partial charge in [-0.15, -0.1) is 0 Å². The normalized spacial score (nSPS) is 17.3. The van der Waals surface area contributed by atoms with E-state index < -0.39 is 5.97 Å². The molecule has 0 unspecified atom stereocenters. The molecule has 0 atom stereocenters. The van der Waals surface area contributed by atoms with Crippen molar-refractivity contribution in [3.63, 3.8) is 0 Å². The Bertz CT molecular complexity index is 683. The van der Waals surface area contributed by atoms with Gasteiger partial charge in [-0.05, 0) is 45.1 Å². The SMILES string of the molecule is COC(=O)c1[nH]c(C)c(C(=O)CN(C(=O)C2CCC2)C2CC2)c1C. The van der Waals surface area contributed by atoms with E-state index in [1.807, 2.05) is 0 Å². The molecule has 1 N–H and O–H groups in total. The highest BCUT2D eigenvalue weighted by Gasteiger charge is 2.39. The summed E-state index contributed by atoms with van der Waals surface area (Å²) in [6.07, 6.45) is 4.92. The minimum Gasteiger partial charge on any atom is -0.464 e. The minimum absolute atomic E-state index is 0.0949. The van der Waals surface area contributed by atoms with E-state index in [1.165, 1.54) is 7.11 Å². The number of methoxy groups -OCH3 is 1. The first-order valence-corrected chi connectivity index (χ1v) is 8.55. The number of aromatic amines is 1. The number of carbonyl (C=O) groups excluding carboxylic acids is 3. The number of esters is 1. The van der Waals surface area contributed by atoms with Crippen LogP contribution in [0.15, 0.2) is 0 Å². The van der Waals surface area contributed by atoms with E-state index in [2.05, 4.69) is 4.98 Å². The molecule has 2 aliphatic carbocycles. The Morgan fingerprint density at radius 1 is 1.17 bits per heavy atom. The van der Waals surface area contributed by atoms with Gasteiger partial charge in [0.05, 0.1) is 13.7 Å². The van der Waals surface area contributed by atoms with Crippen molar-refractivity contribution in [2.45, 2.75) is 52.0 Å². The molecule has 1 aromatic rings. The standard InChI is InChI=1S/C18H24N2O4/c1-10-15(11(2)19-16(10)18(23)24-3)14(21)9-20(13-7-8-13)17(22)12-5-4-6-12/h12-13,19H,4-9H2,1-3H3. The topological polar surface area (TPSA) is 79.5 Å². The van der Waals surface area contributed by atoms with E-state index in [4.69, 9.17) is 4.74 Å². The van der Waals surface area contributed by atoms with E-state index in [1.54, 1.807) is 18.7 Å². The molecule has 6 heteroatoms. The molecule has 0 spiro atoms. The summed E-state index contributed by atoms with van der Waals surface area (Å²) in [5, 5.41) is 0. The first-order chi connectivity index (χ1) is 11.4. The van der Waals surface area contributed by atoms with Crippen LogP contribution in [0.5, 0.6) is 0 Å². The van der Waals surface area contributed by atoms with Crippen LogP contribution in [0.1, 0.15) is 64.2 Å². The summed E-state index contributed by atoms with van der Waals surface area (Å²) < 4.78 is 4.74. The van der Waals surface area contributed by atoms with Crippen LogP contribution in [0.4, 0.5) is 0 Å². The van der Waals surface area contributed by atoms with Crippen LogP contribution in [0, 0.1) is 19.8 Å². The fourth-order valence-electron chi connectivity index (χ4n) is 3.37. The maximum Gasteiger partial charge on any atom is 0.354 e. The summed E-state index contributed by atoms with van der Waals surface area (Å²) in [5.74, 6) is -0.385. The lowest BCUT2D eigenvalue weighted by Gasteiger charge is -2.31. The molecular formula is C18H24N2O4. The van der Waals surface area contributed by atoms with Gasteiger partial charge in [0, 0.05) is 23.2 Å². The maximum absolute atomic E-state index is 12.8. The van der Waals surface area contributed by atoms with Crippen molar-refractivity contribution in [3.05, 3.63) is 22.5 Å². The molecule has 130 valence electrons. The van der Waals surface area contributed by atoms with Crippen molar-refractivity contribution in [2.75, 3.05) is 13.7 Å². The molecule has 2 saturated carbocycles. The van der Waals surface area contributed by atoms with Gasteiger partial charge in [0.2, 0.25) is 5.91 Å². The van der Waals surface area contributed by atoms with Gasteiger partial charge in [-0.2, -0.15) is 0 Å². The largest absolute Gasteiger partial charge is 0.464 e. The highest BCUT2D eigenvalue weighted by molar-refractivity contribution is 6.04. The zero-order valence-corrected chi connectivity index (χ0v) is 14.5. The lowest BCUT2D eigenvalue weighted by Crippen LogP contribution is -2.43. The minimum atomic E-state index is -0.487. The van der Waals surface area contributed by atoms with Crippen LogP contribution in [0.3, 0.4) is 0 Å². The van der Waals surface area contributed by atoms with Gasteiger partial charge in [-0.1, -0.05) is 6.42 Å². The first-order valence-electron chi connectivity index (χ1n) is 8.55. The summed E-state index contributed by atoms with van der Waals surface area (Å²) >= 11 is 0. The van der Waals surface area contributed by atoms with Crippen molar-refractivity contribution in [1.29, 1.82) is 0 Å². The van der Waals surface area contributed by atoms with Gasteiger partial charge in [-0.25, -0.2) is 4.79 Å². The van der Waals surface area contributed by atoms with Crippen molar-refractivity contribution < 1.29 is 19.1 Å². The molecule has 0 bridgehead atoms. The van der Waals surface area contributed by atoms with Crippen LogP contribution >= 0.6 is 0 Å². The Labute approximate surface area is 141 Å². The zero-order chi connectivity index (χ0) is 17.4. The number of nitrogens with one attached hydrogen (secondary N) is 1. The van der Waals surface area contributed by atoms with Crippen molar-refractivity contribution in [2.24, 2.45) is 5.92 Å². The maximum atomic E-state index is 12.8. The number of carbonyl (C=O) groups is 3. The van der Waals surface area contributed by atoms with Gasteiger partial charge in [0.1, 0.15) is 5.69 Å². The summed E-state index contributed by atoms with van der Waals surface area (Å²) in [6, 6.07) is 0.210. The van der Waals surface area contributed by atoms with E-state index in [0.29, 0.717) is 22.5 Å². The van der Waals surface area contributed by atoms with Crippen LogP contribution in [0.25, 0.3) is 0 Å². The number of nitrogens with zero attached hydrogens (tertiary/aromatic N) is 1. The molecule has 0 aromatic carbocycles. The van der Waals surface area contributed by atoms with Crippen LogP contribution in [0.2, 0.25) is 0 Å².